The molecule has 7 nitrogen and oxygen atoms in total. The molecule has 0 saturated heterocycles. The van der Waals surface area contributed by atoms with Crippen LogP contribution in [0.5, 0.6) is 0 Å². The fourth-order valence-electron chi connectivity index (χ4n) is 3.07. The Labute approximate surface area is 180 Å². The van der Waals surface area contributed by atoms with Crippen LogP contribution in [-0.4, -0.2) is 21.6 Å². The maximum atomic E-state index is 13.5. The first-order chi connectivity index (χ1) is 15.0. The van der Waals surface area contributed by atoms with Crippen molar-refractivity contribution < 1.29 is 22.8 Å². The second-order valence-electron chi connectivity index (χ2n) is 7.09. The SMILES string of the molecule is CC(=O)Nc1ccc(C)c(NC(=O)c2nn(-c3ccccc3C(F)(F)F)c(C)cc2=O)c1. The number of nitrogens with one attached hydrogen (secondary N) is 2. The first-order valence-electron chi connectivity index (χ1n) is 9.44. The summed E-state index contributed by atoms with van der Waals surface area (Å²) in [5, 5.41) is 9.05. The van der Waals surface area contributed by atoms with Crippen LogP contribution in [0.25, 0.3) is 5.69 Å². The van der Waals surface area contributed by atoms with Gasteiger partial charge in [0, 0.05) is 30.1 Å². The van der Waals surface area contributed by atoms with E-state index in [2.05, 4.69) is 15.7 Å². The molecule has 32 heavy (non-hydrogen) atoms. The number of hydrogen-bond donors (Lipinski definition) is 2. The van der Waals surface area contributed by atoms with E-state index in [0.29, 0.717) is 16.9 Å². The molecule has 0 atom stereocenters. The van der Waals surface area contributed by atoms with Crippen LogP contribution in [0, 0.1) is 13.8 Å². The Morgan fingerprint density at radius 1 is 1.00 bits per heavy atom. The molecule has 10 heteroatoms. The minimum atomic E-state index is -4.66. The van der Waals surface area contributed by atoms with Crippen LogP contribution < -0.4 is 16.1 Å². The molecule has 0 bridgehead atoms. The van der Waals surface area contributed by atoms with Gasteiger partial charge in [-0.2, -0.15) is 18.3 Å². The Bertz CT molecular complexity index is 1270. The average molecular weight is 444 g/mol. The van der Waals surface area contributed by atoms with Crippen LogP contribution in [0.1, 0.15) is 34.2 Å². The van der Waals surface area contributed by atoms with Crippen molar-refractivity contribution in [3.05, 3.63) is 81.3 Å². The molecule has 166 valence electrons. The Morgan fingerprint density at radius 3 is 2.34 bits per heavy atom. The number of carbonyl (C=O) groups excluding carboxylic acids is 2. The lowest BCUT2D eigenvalue weighted by Crippen LogP contribution is -2.28. The normalized spacial score (nSPS) is 11.2. The number of nitrogens with zero attached hydrogens (tertiary/aromatic N) is 2. The van der Waals surface area contributed by atoms with Crippen molar-refractivity contribution in [1.82, 2.24) is 9.78 Å². The molecule has 0 aliphatic carbocycles. The van der Waals surface area contributed by atoms with Crippen LogP contribution in [0.4, 0.5) is 24.5 Å². The molecule has 1 aromatic heterocycles. The zero-order valence-electron chi connectivity index (χ0n) is 17.4. The third kappa shape index (κ3) is 4.85. The summed E-state index contributed by atoms with van der Waals surface area (Å²) in [5.41, 5.74) is -1.07. The summed E-state index contributed by atoms with van der Waals surface area (Å²) in [4.78, 5) is 36.5. The van der Waals surface area contributed by atoms with Crippen molar-refractivity contribution in [2.24, 2.45) is 0 Å². The average Bonchev–Trinajstić information content (AvgIpc) is 2.69. The lowest BCUT2D eigenvalue weighted by Gasteiger charge is -2.17. The molecule has 0 saturated carbocycles. The summed E-state index contributed by atoms with van der Waals surface area (Å²) in [6.45, 7) is 4.45. The number of rotatable bonds is 4. The van der Waals surface area contributed by atoms with E-state index in [1.807, 2.05) is 0 Å². The van der Waals surface area contributed by atoms with Crippen molar-refractivity contribution >= 4 is 23.2 Å². The van der Waals surface area contributed by atoms with E-state index in [9.17, 15) is 27.6 Å². The second kappa shape index (κ2) is 8.66. The fraction of sp³-hybridized carbons (Fsp3) is 0.182. The minimum Gasteiger partial charge on any atom is -0.326 e. The summed E-state index contributed by atoms with van der Waals surface area (Å²) in [5.74, 6) is -1.20. The predicted molar refractivity (Wildman–Crippen MR) is 113 cm³/mol. The summed E-state index contributed by atoms with van der Waals surface area (Å²) in [6, 6.07) is 10.6. The van der Waals surface area contributed by atoms with Gasteiger partial charge in [-0.15, -0.1) is 0 Å². The van der Waals surface area contributed by atoms with E-state index >= 15 is 0 Å². The minimum absolute atomic E-state index is 0.132. The lowest BCUT2D eigenvalue weighted by molar-refractivity contribution is -0.137. The van der Waals surface area contributed by atoms with E-state index in [4.69, 9.17) is 0 Å². The zero-order chi connectivity index (χ0) is 23.6. The highest BCUT2D eigenvalue weighted by atomic mass is 19.4. The number of benzene rings is 2. The van der Waals surface area contributed by atoms with Crippen LogP contribution in [0.2, 0.25) is 0 Å². The number of aryl methyl sites for hydroxylation is 2. The Kier molecular flexibility index (Phi) is 6.15. The van der Waals surface area contributed by atoms with Crippen molar-refractivity contribution in [2.45, 2.75) is 26.9 Å². The molecule has 1 heterocycles. The summed E-state index contributed by atoms with van der Waals surface area (Å²) >= 11 is 0. The molecule has 2 amide bonds. The van der Waals surface area contributed by atoms with Gasteiger partial charge in [-0.1, -0.05) is 18.2 Å². The first kappa shape index (κ1) is 22.7. The highest BCUT2D eigenvalue weighted by molar-refractivity contribution is 6.03. The number of amides is 2. The highest BCUT2D eigenvalue weighted by Gasteiger charge is 2.34. The van der Waals surface area contributed by atoms with Crippen molar-refractivity contribution in [3.63, 3.8) is 0 Å². The molecule has 0 unspecified atom stereocenters. The standard InChI is InChI=1S/C22H19F3N4O3/c1-12-8-9-15(26-14(3)30)11-17(12)27-21(32)20-19(31)10-13(2)29(28-20)18-7-5-4-6-16(18)22(23,24)25/h4-11H,1-3H3,(H,26,30)(H,27,32). The fourth-order valence-corrected chi connectivity index (χ4v) is 3.07. The van der Waals surface area contributed by atoms with Gasteiger partial charge in [0.2, 0.25) is 11.3 Å². The van der Waals surface area contributed by atoms with Gasteiger partial charge in [0.1, 0.15) is 0 Å². The van der Waals surface area contributed by atoms with E-state index in [1.54, 1.807) is 19.1 Å². The maximum absolute atomic E-state index is 13.5. The molecule has 0 spiro atoms. The number of halogens is 3. The molecule has 0 aliphatic heterocycles. The molecule has 0 aliphatic rings. The third-order valence-electron chi connectivity index (χ3n) is 4.57. The van der Waals surface area contributed by atoms with Crippen molar-refractivity contribution in [1.29, 1.82) is 0 Å². The molecular weight excluding hydrogens is 425 g/mol. The van der Waals surface area contributed by atoms with Gasteiger partial charge in [0.05, 0.1) is 11.3 Å². The number of para-hydroxylation sites is 1. The second-order valence-corrected chi connectivity index (χ2v) is 7.09. The van der Waals surface area contributed by atoms with Crippen molar-refractivity contribution in [2.75, 3.05) is 10.6 Å². The van der Waals surface area contributed by atoms with E-state index in [0.717, 1.165) is 16.8 Å². The molecule has 0 radical (unpaired) electrons. The molecule has 2 aromatic carbocycles. The lowest BCUT2D eigenvalue weighted by atomic mass is 10.1. The van der Waals surface area contributed by atoms with Gasteiger partial charge in [0.25, 0.3) is 5.91 Å². The Hall–Kier alpha value is -3.95. The highest BCUT2D eigenvalue weighted by Crippen LogP contribution is 2.33. The van der Waals surface area contributed by atoms with Crippen LogP contribution in [0.3, 0.4) is 0 Å². The number of alkyl halides is 3. The smallest absolute Gasteiger partial charge is 0.326 e. The third-order valence-corrected chi connectivity index (χ3v) is 4.57. The van der Waals surface area contributed by atoms with Gasteiger partial charge < -0.3 is 10.6 Å². The van der Waals surface area contributed by atoms with Gasteiger partial charge >= 0.3 is 6.18 Å². The topological polar surface area (TPSA) is 93.1 Å². The molecular formula is C22H19F3N4O3. The quantitative estimate of drug-likeness (QED) is 0.634. The number of anilines is 2. The molecule has 0 fully saturated rings. The van der Waals surface area contributed by atoms with E-state index < -0.39 is 28.8 Å². The van der Waals surface area contributed by atoms with E-state index in [-0.39, 0.29) is 17.3 Å². The summed E-state index contributed by atoms with van der Waals surface area (Å²) < 4.78 is 41.3. The Morgan fingerprint density at radius 2 is 1.69 bits per heavy atom. The number of aromatic nitrogens is 2. The van der Waals surface area contributed by atoms with Crippen molar-refractivity contribution in [3.8, 4) is 5.69 Å². The predicted octanol–water partition coefficient (Wildman–Crippen LogP) is 4.08. The van der Waals surface area contributed by atoms with Crippen LogP contribution in [-0.2, 0) is 11.0 Å². The van der Waals surface area contributed by atoms with Crippen LogP contribution in [0.15, 0.2) is 53.3 Å². The van der Waals surface area contributed by atoms with Gasteiger partial charge in [-0.05, 0) is 43.7 Å². The summed E-state index contributed by atoms with van der Waals surface area (Å²) in [7, 11) is 0. The first-order valence-corrected chi connectivity index (χ1v) is 9.44. The van der Waals surface area contributed by atoms with Gasteiger partial charge in [0.15, 0.2) is 5.69 Å². The summed E-state index contributed by atoms with van der Waals surface area (Å²) in [6.07, 6.45) is -4.66. The Balaban J connectivity index is 2.04. The molecule has 2 N–H and O–H groups in total. The van der Waals surface area contributed by atoms with Gasteiger partial charge in [-0.3, -0.25) is 14.4 Å². The number of carbonyl (C=O) groups is 2. The van der Waals surface area contributed by atoms with Gasteiger partial charge in [-0.25, -0.2) is 4.68 Å². The molecule has 3 aromatic rings. The van der Waals surface area contributed by atoms with Crippen LogP contribution >= 0.6 is 0 Å². The van der Waals surface area contributed by atoms with E-state index in [1.165, 1.54) is 38.1 Å². The number of hydrogen-bond acceptors (Lipinski definition) is 4. The maximum Gasteiger partial charge on any atom is 0.418 e. The largest absolute Gasteiger partial charge is 0.418 e. The molecule has 3 rings (SSSR count). The zero-order valence-corrected chi connectivity index (χ0v) is 17.4. The monoisotopic (exact) mass is 444 g/mol.